The number of sulfonamides is 1. The Morgan fingerprint density at radius 1 is 1.30 bits per heavy atom. The lowest BCUT2D eigenvalue weighted by molar-refractivity contribution is 0.0600. The van der Waals surface area contributed by atoms with Crippen molar-refractivity contribution in [3.63, 3.8) is 0 Å². The van der Waals surface area contributed by atoms with Gasteiger partial charge in [0.15, 0.2) is 0 Å². The lowest BCUT2D eigenvalue weighted by Gasteiger charge is -2.27. The molecule has 1 N–H and O–H groups in total. The van der Waals surface area contributed by atoms with Gasteiger partial charge in [-0.25, -0.2) is 13.2 Å². The van der Waals surface area contributed by atoms with Gasteiger partial charge in [-0.1, -0.05) is 0 Å². The van der Waals surface area contributed by atoms with E-state index >= 15 is 0 Å². The summed E-state index contributed by atoms with van der Waals surface area (Å²) in [6.45, 7) is 3.90. The number of rotatable bonds is 3. The van der Waals surface area contributed by atoms with Crippen molar-refractivity contribution in [2.45, 2.75) is 11.8 Å². The highest BCUT2D eigenvalue weighted by molar-refractivity contribution is 7.89. The summed E-state index contributed by atoms with van der Waals surface area (Å²) in [5.74, 6) is -0.473. The molecule has 1 aliphatic heterocycles. The predicted octanol–water partition coefficient (Wildman–Crippen LogP) is 0.376. The van der Waals surface area contributed by atoms with E-state index < -0.39 is 16.0 Å². The number of carbonyl (C=O) groups excluding carboxylic acids is 1. The smallest absolute Gasteiger partial charge is 0.337 e. The largest absolute Gasteiger partial charge is 0.465 e. The Labute approximate surface area is 118 Å². The van der Waals surface area contributed by atoms with Crippen molar-refractivity contribution in [1.82, 2.24) is 9.62 Å². The summed E-state index contributed by atoms with van der Waals surface area (Å²) in [5, 5.41) is 3.12. The van der Waals surface area contributed by atoms with Crippen LogP contribution in [-0.2, 0) is 14.8 Å². The van der Waals surface area contributed by atoms with Crippen LogP contribution in [0.1, 0.15) is 15.9 Å². The van der Waals surface area contributed by atoms with E-state index in [9.17, 15) is 13.2 Å². The van der Waals surface area contributed by atoms with Crippen molar-refractivity contribution < 1.29 is 17.9 Å². The summed E-state index contributed by atoms with van der Waals surface area (Å²) in [4.78, 5) is 11.7. The second-order valence-electron chi connectivity index (χ2n) is 4.63. The van der Waals surface area contributed by atoms with Crippen LogP contribution in [0.5, 0.6) is 0 Å². The molecule has 6 nitrogen and oxygen atoms in total. The molecule has 0 aromatic heterocycles. The SMILES string of the molecule is COC(=O)c1ccc(S(=O)(=O)N2CCNCC2)c(C)c1. The van der Waals surface area contributed by atoms with E-state index in [1.165, 1.54) is 23.5 Å². The summed E-state index contributed by atoms with van der Waals surface area (Å²) in [7, 11) is -2.21. The van der Waals surface area contributed by atoms with Gasteiger partial charge in [-0.3, -0.25) is 0 Å². The summed E-state index contributed by atoms with van der Waals surface area (Å²) in [6.07, 6.45) is 0. The zero-order chi connectivity index (χ0) is 14.8. The summed E-state index contributed by atoms with van der Waals surface area (Å²) < 4.78 is 31.2. The van der Waals surface area contributed by atoms with Gasteiger partial charge in [0.05, 0.1) is 17.6 Å². The quantitative estimate of drug-likeness (QED) is 0.816. The van der Waals surface area contributed by atoms with Gasteiger partial charge >= 0.3 is 5.97 Å². The van der Waals surface area contributed by atoms with Crippen LogP contribution in [0.25, 0.3) is 0 Å². The molecular weight excluding hydrogens is 280 g/mol. The van der Waals surface area contributed by atoms with E-state index in [1.807, 2.05) is 0 Å². The molecule has 7 heteroatoms. The Kier molecular flexibility index (Phi) is 4.42. The third-order valence-electron chi connectivity index (χ3n) is 3.29. The molecule has 0 radical (unpaired) electrons. The first-order valence-electron chi connectivity index (χ1n) is 6.36. The number of piperazine rings is 1. The molecule has 0 saturated carbocycles. The highest BCUT2D eigenvalue weighted by Crippen LogP contribution is 2.21. The van der Waals surface area contributed by atoms with Crippen LogP contribution in [-0.4, -0.2) is 52.0 Å². The molecule has 0 unspecified atom stereocenters. The second kappa shape index (κ2) is 5.90. The molecule has 2 rings (SSSR count). The number of esters is 1. The number of carbonyl (C=O) groups is 1. The molecule has 1 aromatic rings. The van der Waals surface area contributed by atoms with Crippen molar-refractivity contribution in [2.75, 3.05) is 33.3 Å². The molecule has 1 aliphatic rings. The van der Waals surface area contributed by atoms with Gasteiger partial charge in [0, 0.05) is 26.2 Å². The fourth-order valence-electron chi connectivity index (χ4n) is 2.21. The predicted molar refractivity (Wildman–Crippen MR) is 74.1 cm³/mol. The molecule has 1 fully saturated rings. The number of hydrogen-bond donors (Lipinski definition) is 1. The maximum Gasteiger partial charge on any atom is 0.337 e. The van der Waals surface area contributed by atoms with Crippen molar-refractivity contribution in [3.8, 4) is 0 Å². The van der Waals surface area contributed by atoms with Crippen LogP contribution in [0, 0.1) is 6.92 Å². The Morgan fingerprint density at radius 2 is 1.95 bits per heavy atom. The molecule has 0 atom stereocenters. The van der Waals surface area contributed by atoms with E-state index in [1.54, 1.807) is 13.0 Å². The fraction of sp³-hybridized carbons (Fsp3) is 0.462. The van der Waals surface area contributed by atoms with Crippen LogP contribution in [0.3, 0.4) is 0 Å². The maximum atomic E-state index is 12.5. The highest BCUT2D eigenvalue weighted by atomic mass is 32.2. The second-order valence-corrected chi connectivity index (χ2v) is 6.53. The first-order chi connectivity index (χ1) is 9.46. The minimum absolute atomic E-state index is 0.243. The lowest BCUT2D eigenvalue weighted by atomic mass is 10.1. The normalized spacial score (nSPS) is 16.9. The zero-order valence-corrected chi connectivity index (χ0v) is 12.4. The van der Waals surface area contributed by atoms with Crippen molar-refractivity contribution in [1.29, 1.82) is 0 Å². The average Bonchev–Trinajstić information content (AvgIpc) is 2.47. The number of ether oxygens (including phenoxy) is 1. The first kappa shape index (κ1) is 15.0. The minimum atomic E-state index is -3.50. The number of aryl methyl sites for hydroxylation is 1. The molecule has 0 spiro atoms. The first-order valence-corrected chi connectivity index (χ1v) is 7.80. The topological polar surface area (TPSA) is 75.7 Å². The maximum absolute atomic E-state index is 12.5. The molecule has 1 saturated heterocycles. The molecule has 20 heavy (non-hydrogen) atoms. The minimum Gasteiger partial charge on any atom is -0.465 e. The number of methoxy groups -OCH3 is 1. The summed E-state index contributed by atoms with van der Waals surface area (Å²) in [5.41, 5.74) is 0.899. The Balaban J connectivity index is 2.34. The van der Waals surface area contributed by atoms with Crippen molar-refractivity contribution in [2.24, 2.45) is 0 Å². The number of nitrogens with zero attached hydrogens (tertiary/aromatic N) is 1. The Bertz CT molecular complexity index is 607. The van der Waals surface area contributed by atoms with E-state index in [0.717, 1.165) is 0 Å². The Morgan fingerprint density at radius 3 is 2.50 bits per heavy atom. The molecule has 1 heterocycles. The zero-order valence-electron chi connectivity index (χ0n) is 11.5. The summed E-state index contributed by atoms with van der Waals surface area (Å²) in [6, 6.07) is 4.49. The summed E-state index contributed by atoms with van der Waals surface area (Å²) >= 11 is 0. The third-order valence-corrected chi connectivity index (χ3v) is 5.35. The molecule has 110 valence electrons. The van der Waals surface area contributed by atoms with E-state index in [2.05, 4.69) is 10.1 Å². The molecular formula is C13H18N2O4S. The van der Waals surface area contributed by atoms with E-state index in [4.69, 9.17) is 0 Å². The van der Waals surface area contributed by atoms with E-state index in [0.29, 0.717) is 37.3 Å². The van der Waals surface area contributed by atoms with Gasteiger partial charge in [0.2, 0.25) is 10.0 Å². The third kappa shape index (κ3) is 2.84. The van der Waals surface area contributed by atoms with Gasteiger partial charge < -0.3 is 10.1 Å². The molecule has 0 bridgehead atoms. The van der Waals surface area contributed by atoms with Gasteiger partial charge in [-0.05, 0) is 30.7 Å². The van der Waals surface area contributed by atoms with Gasteiger partial charge in [0.25, 0.3) is 0 Å². The van der Waals surface area contributed by atoms with Crippen molar-refractivity contribution >= 4 is 16.0 Å². The monoisotopic (exact) mass is 298 g/mol. The number of hydrogen-bond acceptors (Lipinski definition) is 5. The fourth-order valence-corrected chi connectivity index (χ4v) is 3.85. The molecule has 0 aliphatic carbocycles. The van der Waals surface area contributed by atoms with Crippen LogP contribution in [0.2, 0.25) is 0 Å². The average molecular weight is 298 g/mol. The highest BCUT2D eigenvalue weighted by Gasteiger charge is 2.27. The van der Waals surface area contributed by atoms with Crippen LogP contribution in [0.4, 0.5) is 0 Å². The molecule has 1 aromatic carbocycles. The van der Waals surface area contributed by atoms with E-state index in [-0.39, 0.29) is 4.90 Å². The van der Waals surface area contributed by atoms with Crippen LogP contribution >= 0.6 is 0 Å². The number of nitrogens with one attached hydrogen (secondary N) is 1. The van der Waals surface area contributed by atoms with Gasteiger partial charge in [-0.15, -0.1) is 0 Å². The number of benzene rings is 1. The molecule has 0 amide bonds. The Hall–Kier alpha value is -1.44. The lowest BCUT2D eigenvalue weighted by Crippen LogP contribution is -2.46. The van der Waals surface area contributed by atoms with Crippen molar-refractivity contribution in [3.05, 3.63) is 29.3 Å². The van der Waals surface area contributed by atoms with Gasteiger partial charge in [0.1, 0.15) is 0 Å². The standard InChI is InChI=1S/C13H18N2O4S/c1-10-9-11(13(16)19-2)3-4-12(10)20(17,18)15-7-5-14-6-8-15/h3-4,9,14H,5-8H2,1-2H3. The van der Waals surface area contributed by atoms with Crippen LogP contribution < -0.4 is 5.32 Å². The van der Waals surface area contributed by atoms with Gasteiger partial charge in [-0.2, -0.15) is 4.31 Å². The van der Waals surface area contributed by atoms with Crippen LogP contribution in [0.15, 0.2) is 23.1 Å².